The van der Waals surface area contributed by atoms with E-state index in [1.165, 1.54) is 0 Å². The first-order chi connectivity index (χ1) is 3.33. The first kappa shape index (κ1) is 10.5. The van der Waals surface area contributed by atoms with Crippen LogP contribution in [0.25, 0.3) is 0 Å². The van der Waals surface area contributed by atoms with Gasteiger partial charge in [0.05, 0.1) is 0 Å². The average Bonchev–Trinajstić information content (AvgIpc) is 1.69. The number of aliphatic hydroxyl groups excluding tert-OH is 1. The zero-order valence-electron chi connectivity index (χ0n) is 4.18. The van der Waals surface area contributed by atoms with Crippen LogP contribution in [0.5, 0.6) is 0 Å². The van der Waals surface area contributed by atoms with Crippen molar-refractivity contribution in [3.05, 3.63) is 0 Å². The zero-order chi connectivity index (χ0) is 6.12. The predicted molar refractivity (Wildman–Crippen MR) is 23.2 cm³/mol. The maximum absolute atomic E-state index is 8.50. The van der Waals surface area contributed by atoms with Gasteiger partial charge in [0.2, 0.25) is 0 Å². The van der Waals surface area contributed by atoms with Crippen molar-refractivity contribution in [3.8, 4) is 0 Å². The summed E-state index contributed by atoms with van der Waals surface area (Å²) in [6.45, 7) is 0.381. The van der Waals surface area contributed by atoms with E-state index >= 15 is 0 Å². The molecule has 0 aromatic heterocycles. The topological polar surface area (TPSA) is 54.4 Å². The van der Waals surface area contributed by atoms with Crippen molar-refractivity contribution in [2.75, 3.05) is 6.61 Å². The molecule has 0 saturated carbocycles. The summed E-state index contributed by atoms with van der Waals surface area (Å²) < 4.78 is 17.0. The Morgan fingerprint density at radius 3 is 1.71 bits per heavy atom. The molecule has 0 bridgehead atoms. The number of aliphatic hydroxyl groups is 1. The van der Waals surface area contributed by atoms with E-state index in [4.69, 9.17) is 11.8 Å². The van der Waals surface area contributed by atoms with Gasteiger partial charge in [-0.2, -0.15) is 0 Å². The van der Waals surface area contributed by atoms with Crippen LogP contribution in [0.4, 0.5) is 0 Å². The van der Waals surface area contributed by atoms with E-state index in [1.54, 1.807) is 0 Å². The summed E-state index contributed by atoms with van der Waals surface area (Å²) in [6.07, 6.45) is 0. The van der Waals surface area contributed by atoms with Gasteiger partial charge in [-0.15, -0.1) is 0 Å². The summed E-state index contributed by atoms with van der Waals surface area (Å²) in [7, 11) is 1.14. The molecule has 5 heteroatoms. The Kier molecular flexibility index (Phi) is 24.0. The van der Waals surface area contributed by atoms with Gasteiger partial charge in [-0.25, -0.2) is 0 Å². The van der Waals surface area contributed by atoms with Gasteiger partial charge < -0.3 is 5.11 Å². The molecule has 42 valence electrons. The summed E-state index contributed by atoms with van der Waals surface area (Å²) in [5.74, 6) is 0. The summed E-state index contributed by atoms with van der Waals surface area (Å²) in [4.78, 5) is 0. The molecule has 0 saturated heterocycles. The van der Waals surface area contributed by atoms with Crippen molar-refractivity contribution in [2.24, 2.45) is 0 Å². The van der Waals surface area contributed by atoms with E-state index in [1.807, 2.05) is 0 Å². The first-order valence-electron chi connectivity index (χ1n) is 1.93. The van der Waals surface area contributed by atoms with E-state index in [9.17, 15) is 0 Å². The van der Waals surface area contributed by atoms with Gasteiger partial charge in [-0.3, -0.25) is 0 Å². The Hall–Kier alpha value is 0.491. The molecule has 7 heavy (non-hydrogen) atoms. The molecule has 0 rings (SSSR count). The summed E-state index contributed by atoms with van der Waals surface area (Å²) in [6, 6.07) is 1.01. The van der Waals surface area contributed by atoms with Crippen molar-refractivity contribution < 1.29 is 30.8 Å². The summed E-state index contributed by atoms with van der Waals surface area (Å²) in [5, 5.41) is 7.91. The fraction of sp³-hybridized carbons (Fsp3) is 1.00. The maximum atomic E-state index is 8.50. The van der Waals surface area contributed by atoms with Crippen molar-refractivity contribution in [1.82, 2.24) is 0 Å². The predicted octanol–water partition coefficient (Wildman–Crippen LogP) is -1.48. The minimum absolute atomic E-state index is 0.381. The van der Waals surface area contributed by atoms with Crippen LogP contribution in [0.3, 0.4) is 0 Å². The van der Waals surface area contributed by atoms with Crippen LogP contribution < -0.4 is 0 Å². The normalized spacial score (nSPS) is 5.86. The molecule has 0 spiro atoms. The molecule has 0 heterocycles. The Labute approximate surface area is 54.1 Å². The van der Waals surface area contributed by atoms with Gasteiger partial charge in [-0.05, 0) is 6.04 Å². The van der Waals surface area contributed by atoms with Crippen LogP contribution in [0, 0.1) is 0 Å². The van der Waals surface area contributed by atoms with Crippen molar-refractivity contribution in [1.29, 1.82) is 0 Å². The van der Waals surface area contributed by atoms with Crippen molar-refractivity contribution in [2.45, 2.75) is 6.04 Å². The molecule has 0 aromatic carbocycles. The molecular formula is C2H8O3SiTi. The molecule has 0 unspecified atom stereocenters. The van der Waals surface area contributed by atoms with Gasteiger partial charge in [-0.1, -0.05) is 0 Å². The quantitative estimate of drug-likeness (QED) is 0.471. The number of hydrogen-bond acceptors (Lipinski definition) is 3. The Morgan fingerprint density at radius 1 is 1.57 bits per heavy atom. The van der Waals surface area contributed by atoms with Crippen LogP contribution in [0.2, 0.25) is 6.04 Å². The molecular weight excluding hydrogens is 148 g/mol. The molecule has 1 N–H and O–H groups in total. The molecule has 0 atom stereocenters. The molecule has 0 fully saturated rings. The molecule has 0 aliphatic rings. The van der Waals surface area contributed by atoms with Crippen LogP contribution >= 0.6 is 0 Å². The van der Waals surface area contributed by atoms with Gasteiger partial charge in [0.25, 0.3) is 0 Å². The molecule has 0 aromatic rings. The zero-order valence-corrected chi connectivity index (χ0v) is 7.74. The SMILES string of the molecule is OCC[SiH3].[O]=[Ti]=[O]. The first-order valence-corrected chi connectivity index (χ1v) is 4.62. The molecule has 0 aliphatic carbocycles. The Balaban J connectivity index is 0. The van der Waals surface area contributed by atoms with E-state index in [-0.39, 0.29) is 0 Å². The standard InChI is InChI=1S/C2H8OSi.2O.Ti/c3-1-2-4;;;/h3H,1-2H2,4H3;;;. The Bertz CT molecular complexity index is 48.9. The van der Waals surface area contributed by atoms with E-state index in [2.05, 4.69) is 0 Å². The van der Waals surface area contributed by atoms with Crippen LogP contribution in [-0.4, -0.2) is 22.0 Å². The molecule has 3 nitrogen and oxygen atoms in total. The third-order valence-electron chi connectivity index (χ3n) is 0.224. The molecule has 0 amide bonds. The van der Waals surface area contributed by atoms with Crippen molar-refractivity contribution in [3.63, 3.8) is 0 Å². The minimum atomic E-state index is -2.00. The second-order valence-electron chi connectivity index (χ2n) is 0.807. The third-order valence-corrected chi connectivity index (χ3v) is 0.671. The van der Waals surface area contributed by atoms with Gasteiger partial charge in [0, 0.05) is 16.8 Å². The van der Waals surface area contributed by atoms with Gasteiger partial charge in [0.15, 0.2) is 0 Å². The van der Waals surface area contributed by atoms with Crippen LogP contribution in [0.15, 0.2) is 0 Å². The number of hydrogen-bond donors (Lipinski definition) is 1. The van der Waals surface area contributed by atoms with Crippen LogP contribution in [-0.2, 0) is 25.7 Å². The summed E-state index contributed by atoms with van der Waals surface area (Å²) in [5.41, 5.74) is 0. The summed E-state index contributed by atoms with van der Waals surface area (Å²) >= 11 is -2.00. The van der Waals surface area contributed by atoms with E-state index < -0.39 is 19.1 Å². The molecule has 0 radical (unpaired) electrons. The number of rotatable bonds is 1. The van der Waals surface area contributed by atoms with E-state index in [0.29, 0.717) is 6.61 Å². The fourth-order valence-corrected chi connectivity index (χ4v) is 0. The van der Waals surface area contributed by atoms with E-state index in [0.717, 1.165) is 16.3 Å². The molecule has 0 aliphatic heterocycles. The monoisotopic (exact) mass is 156 g/mol. The fourth-order valence-electron chi connectivity index (χ4n) is 0. The second kappa shape index (κ2) is 16.1. The second-order valence-corrected chi connectivity index (χ2v) is 2.07. The third kappa shape index (κ3) is 58.9. The average molecular weight is 156 g/mol. The van der Waals surface area contributed by atoms with Gasteiger partial charge >= 0.3 is 25.7 Å². The van der Waals surface area contributed by atoms with Crippen molar-refractivity contribution >= 4 is 10.2 Å². The van der Waals surface area contributed by atoms with Crippen LogP contribution in [0.1, 0.15) is 0 Å². The van der Waals surface area contributed by atoms with Gasteiger partial charge in [0.1, 0.15) is 0 Å². The Morgan fingerprint density at radius 2 is 1.71 bits per heavy atom.